The lowest BCUT2D eigenvalue weighted by molar-refractivity contribution is 1.03. The standard InChI is InChI=1S/C2H5N3S/c3-2(6)1-5-4/h4H,1H2,(H2,3,6). The molecule has 3 nitrogen and oxygen atoms in total. The van der Waals surface area contributed by atoms with Crippen LogP contribution < -0.4 is 5.73 Å². The first-order chi connectivity index (χ1) is 2.77. The predicted molar refractivity (Wildman–Crippen MR) is 26.8 cm³/mol. The first-order valence-corrected chi connectivity index (χ1v) is 1.79. The van der Waals surface area contributed by atoms with E-state index in [2.05, 4.69) is 17.3 Å². The molecule has 0 bridgehead atoms. The van der Waals surface area contributed by atoms with Crippen LogP contribution in [0.2, 0.25) is 0 Å². The van der Waals surface area contributed by atoms with Crippen molar-refractivity contribution in [3.05, 3.63) is 0 Å². The van der Waals surface area contributed by atoms with Crippen LogP contribution in [0, 0.1) is 5.53 Å². The molecule has 6 heavy (non-hydrogen) atoms. The van der Waals surface area contributed by atoms with Crippen LogP contribution in [0.1, 0.15) is 0 Å². The van der Waals surface area contributed by atoms with Crippen molar-refractivity contribution in [3.8, 4) is 0 Å². The summed E-state index contributed by atoms with van der Waals surface area (Å²) in [4.78, 5) is 0.269. The van der Waals surface area contributed by atoms with Gasteiger partial charge in [0.1, 0.15) is 6.54 Å². The lowest BCUT2D eigenvalue weighted by atomic mass is 10.7. The molecule has 0 atom stereocenters. The van der Waals surface area contributed by atoms with Gasteiger partial charge in [0.25, 0.3) is 0 Å². The topological polar surface area (TPSA) is 62.2 Å². The molecule has 4 heteroatoms. The Morgan fingerprint density at radius 2 is 2.50 bits per heavy atom. The number of hydrogen-bond donors (Lipinski definition) is 2. The molecule has 0 aliphatic heterocycles. The van der Waals surface area contributed by atoms with E-state index >= 15 is 0 Å². The van der Waals surface area contributed by atoms with Crippen LogP contribution >= 0.6 is 12.2 Å². The van der Waals surface area contributed by atoms with Crippen molar-refractivity contribution in [3.63, 3.8) is 0 Å². The Balaban J connectivity index is 3.05. The van der Waals surface area contributed by atoms with Gasteiger partial charge in [0.2, 0.25) is 0 Å². The molecule has 0 aromatic rings. The third-order valence-electron chi connectivity index (χ3n) is 0.235. The van der Waals surface area contributed by atoms with Crippen molar-refractivity contribution < 1.29 is 0 Å². The van der Waals surface area contributed by atoms with Crippen molar-refractivity contribution in [2.45, 2.75) is 0 Å². The number of nitrogens with zero attached hydrogens (tertiary/aromatic N) is 1. The van der Waals surface area contributed by atoms with Gasteiger partial charge in [-0.25, -0.2) is 5.53 Å². The van der Waals surface area contributed by atoms with Gasteiger partial charge in [-0.15, -0.1) is 0 Å². The molecule has 0 aliphatic rings. The molecule has 0 unspecified atom stereocenters. The van der Waals surface area contributed by atoms with E-state index < -0.39 is 0 Å². The van der Waals surface area contributed by atoms with Gasteiger partial charge in [-0.3, -0.25) is 0 Å². The Labute approximate surface area is 41.0 Å². The maximum atomic E-state index is 6.19. The Kier molecular flexibility index (Phi) is 2.48. The van der Waals surface area contributed by atoms with Crippen LogP contribution in [0.5, 0.6) is 0 Å². The molecule has 0 aromatic carbocycles. The zero-order chi connectivity index (χ0) is 4.99. The predicted octanol–water partition coefficient (Wildman–Crippen LogP) is 0.303. The largest absolute Gasteiger partial charge is 0.392 e. The van der Waals surface area contributed by atoms with E-state index in [0.29, 0.717) is 0 Å². The van der Waals surface area contributed by atoms with Gasteiger partial charge in [-0.2, -0.15) is 5.11 Å². The average molecular weight is 103 g/mol. The molecule has 0 amide bonds. The van der Waals surface area contributed by atoms with Crippen LogP contribution in [-0.4, -0.2) is 11.5 Å². The average Bonchev–Trinajstić information content (AvgIpc) is 1.35. The Morgan fingerprint density at radius 3 is 2.50 bits per heavy atom. The molecule has 0 saturated carbocycles. The quantitative estimate of drug-likeness (QED) is 0.390. The summed E-state index contributed by atoms with van der Waals surface area (Å²) in [6.07, 6.45) is 0. The zero-order valence-corrected chi connectivity index (χ0v) is 3.96. The third kappa shape index (κ3) is 3.49. The van der Waals surface area contributed by atoms with Gasteiger partial charge in [0.05, 0.1) is 4.99 Å². The monoisotopic (exact) mass is 103 g/mol. The summed E-state index contributed by atoms with van der Waals surface area (Å²) < 4.78 is 0. The van der Waals surface area contributed by atoms with Crippen LogP contribution in [0.25, 0.3) is 0 Å². The highest BCUT2D eigenvalue weighted by Crippen LogP contribution is 1.64. The molecule has 0 aromatic heterocycles. The molecule has 0 heterocycles. The fourth-order valence-corrected chi connectivity index (χ4v) is 0.142. The van der Waals surface area contributed by atoms with Crippen LogP contribution in [0.15, 0.2) is 5.11 Å². The maximum absolute atomic E-state index is 6.19. The molecular formula is C2H5N3S. The summed E-state index contributed by atoms with van der Waals surface area (Å²) in [7, 11) is 0. The molecule has 0 radical (unpaired) electrons. The smallest absolute Gasteiger partial charge is 0.110 e. The molecule has 0 spiro atoms. The van der Waals surface area contributed by atoms with Crippen LogP contribution in [0.4, 0.5) is 0 Å². The SMILES string of the molecule is N=NCC(N)=S. The summed E-state index contributed by atoms with van der Waals surface area (Å²) in [6.45, 7) is 0.176. The highest BCUT2D eigenvalue weighted by Gasteiger charge is 1.77. The third-order valence-corrected chi connectivity index (χ3v) is 0.364. The summed E-state index contributed by atoms with van der Waals surface area (Å²) in [5.74, 6) is 0. The van der Waals surface area contributed by atoms with Crippen molar-refractivity contribution in [1.82, 2.24) is 0 Å². The molecule has 3 N–H and O–H groups in total. The molecule has 0 fully saturated rings. The first kappa shape index (κ1) is 5.49. The van der Waals surface area contributed by atoms with E-state index in [1.54, 1.807) is 0 Å². The number of nitrogens with two attached hydrogens (primary N) is 1. The summed E-state index contributed by atoms with van der Waals surface area (Å²) in [6, 6.07) is 0. The van der Waals surface area contributed by atoms with E-state index in [9.17, 15) is 0 Å². The van der Waals surface area contributed by atoms with Crippen molar-refractivity contribution >= 4 is 17.2 Å². The molecular weight excluding hydrogens is 98.1 g/mol. The van der Waals surface area contributed by atoms with Crippen molar-refractivity contribution in [1.29, 1.82) is 5.53 Å². The fourth-order valence-electron chi connectivity index (χ4n) is 0.0779. The highest BCUT2D eigenvalue weighted by atomic mass is 32.1. The Bertz CT molecular complexity index is 69.2. The van der Waals surface area contributed by atoms with Gasteiger partial charge in [-0.1, -0.05) is 12.2 Å². The number of rotatable bonds is 2. The van der Waals surface area contributed by atoms with Crippen molar-refractivity contribution in [2.24, 2.45) is 10.8 Å². The minimum absolute atomic E-state index is 0.176. The van der Waals surface area contributed by atoms with Crippen molar-refractivity contribution in [2.75, 3.05) is 6.54 Å². The van der Waals surface area contributed by atoms with E-state index in [-0.39, 0.29) is 11.5 Å². The summed E-state index contributed by atoms with van der Waals surface area (Å²) >= 11 is 4.36. The fraction of sp³-hybridized carbons (Fsp3) is 0.500. The molecule has 0 saturated heterocycles. The van der Waals surface area contributed by atoms with Gasteiger partial charge >= 0.3 is 0 Å². The van der Waals surface area contributed by atoms with E-state index in [1.165, 1.54) is 0 Å². The van der Waals surface area contributed by atoms with E-state index in [4.69, 9.17) is 11.3 Å². The Morgan fingerprint density at radius 1 is 2.00 bits per heavy atom. The normalized spacial score (nSPS) is 7.33. The van der Waals surface area contributed by atoms with Gasteiger partial charge in [0.15, 0.2) is 0 Å². The Hall–Kier alpha value is -0.510. The minimum Gasteiger partial charge on any atom is -0.392 e. The minimum atomic E-state index is 0.176. The van der Waals surface area contributed by atoms with Crippen LogP contribution in [0.3, 0.4) is 0 Å². The van der Waals surface area contributed by atoms with Crippen LogP contribution in [-0.2, 0) is 0 Å². The van der Waals surface area contributed by atoms with Gasteiger partial charge in [-0.05, 0) is 0 Å². The number of nitrogens with one attached hydrogen (secondary N) is 1. The second-order valence-electron chi connectivity index (χ2n) is 0.783. The molecule has 0 rings (SSSR count). The first-order valence-electron chi connectivity index (χ1n) is 1.39. The van der Waals surface area contributed by atoms with E-state index in [1.807, 2.05) is 0 Å². The summed E-state index contributed by atoms with van der Waals surface area (Å²) in [5, 5.41) is 2.92. The second kappa shape index (κ2) is 2.71. The van der Waals surface area contributed by atoms with Gasteiger partial charge in [0, 0.05) is 0 Å². The highest BCUT2D eigenvalue weighted by molar-refractivity contribution is 7.80. The lowest BCUT2D eigenvalue weighted by Crippen LogP contribution is -2.10. The summed E-state index contributed by atoms with van der Waals surface area (Å²) in [5.41, 5.74) is 11.1. The number of hydrogen-bond acceptors (Lipinski definition) is 3. The maximum Gasteiger partial charge on any atom is 0.110 e. The number of thiocarbonyl (C=S) groups is 1. The van der Waals surface area contributed by atoms with E-state index in [0.717, 1.165) is 0 Å². The molecule has 34 valence electrons. The lowest BCUT2D eigenvalue weighted by Gasteiger charge is -1.79. The second-order valence-corrected chi connectivity index (χ2v) is 1.31. The molecule has 0 aliphatic carbocycles. The van der Waals surface area contributed by atoms with Gasteiger partial charge < -0.3 is 5.73 Å². The zero-order valence-electron chi connectivity index (χ0n) is 3.14.